The van der Waals surface area contributed by atoms with Gasteiger partial charge in [-0.05, 0) is 92.8 Å². The highest BCUT2D eigenvalue weighted by molar-refractivity contribution is 7.90. The predicted molar refractivity (Wildman–Crippen MR) is 152 cm³/mol. The number of halogens is 2. The van der Waals surface area contributed by atoms with Gasteiger partial charge < -0.3 is 5.32 Å². The Morgan fingerprint density at radius 1 is 1.05 bits per heavy atom. The molecule has 2 atom stereocenters. The number of pyridine rings is 1. The zero-order valence-corrected chi connectivity index (χ0v) is 23.4. The molecule has 0 radical (unpaired) electrons. The van der Waals surface area contributed by atoms with E-state index in [1.54, 1.807) is 19.1 Å². The molecule has 0 unspecified atom stereocenters. The van der Waals surface area contributed by atoms with Gasteiger partial charge in [0.05, 0.1) is 23.4 Å². The first kappa shape index (κ1) is 27.1. The molecule has 0 amide bonds. The first-order chi connectivity index (χ1) is 19.6. The third-order valence-electron chi connectivity index (χ3n) is 8.66. The quantitative estimate of drug-likeness (QED) is 0.254. The van der Waals surface area contributed by atoms with Crippen molar-refractivity contribution < 1.29 is 22.0 Å². The van der Waals surface area contributed by atoms with E-state index in [1.807, 2.05) is 6.92 Å². The standard InChI is InChI=1S/C31H28F2N4O3S/c1-17-4-10-22(11-5-17)41(39,40)37-16-25(24-12-21(32)15-35-31(24)37)23-13-28(26(33)14-27(23)34-3)36-30-20-8-6-19(7-9-20)29(30)18(2)38/h4-5,10-16,19-20,29-30,36H,6-9H2,1-2H3/t19?,20?,29-,30-/m1/s1. The van der Waals surface area contributed by atoms with E-state index in [0.29, 0.717) is 0 Å². The monoisotopic (exact) mass is 574 g/mol. The van der Waals surface area contributed by atoms with Gasteiger partial charge in [-0.1, -0.05) is 17.7 Å². The summed E-state index contributed by atoms with van der Waals surface area (Å²) in [5.74, 6) is -1.02. The number of benzene rings is 2. The number of nitrogens with zero attached hydrogens (tertiary/aromatic N) is 3. The summed E-state index contributed by atoms with van der Waals surface area (Å²) in [7, 11) is -4.14. The number of Topliss-reactive ketones (excluding diaryl/α,β-unsaturated/α-hetero) is 1. The highest BCUT2D eigenvalue weighted by Gasteiger charge is 2.46. The van der Waals surface area contributed by atoms with Crippen LogP contribution >= 0.6 is 0 Å². The lowest BCUT2D eigenvalue weighted by molar-refractivity contribution is -0.126. The summed E-state index contributed by atoms with van der Waals surface area (Å²) < 4.78 is 58.2. The van der Waals surface area contributed by atoms with Crippen molar-refractivity contribution in [3.8, 4) is 11.1 Å². The van der Waals surface area contributed by atoms with Crippen LogP contribution in [0, 0.1) is 42.9 Å². The zero-order valence-electron chi connectivity index (χ0n) is 22.6. The minimum atomic E-state index is -4.14. The summed E-state index contributed by atoms with van der Waals surface area (Å²) in [5.41, 5.74) is 1.39. The van der Waals surface area contributed by atoms with Gasteiger partial charge in [-0.2, -0.15) is 0 Å². The summed E-state index contributed by atoms with van der Waals surface area (Å²) in [6.45, 7) is 11.1. The topological polar surface area (TPSA) is 85.4 Å². The van der Waals surface area contributed by atoms with E-state index in [4.69, 9.17) is 6.57 Å². The van der Waals surface area contributed by atoms with Crippen LogP contribution in [0.5, 0.6) is 0 Å². The van der Waals surface area contributed by atoms with Crippen molar-refractivity contribution in [1.82, 2.24) is 8.96 Å². The Labute approximate surface area is 237 Å². The molecule has 7 rings (SSSR count). The lowest BCUT2D eigenvalue weighted by Crippen LogP contribution is -2.51. The van der Waals surface area contributed by atoms with Gasteiger partial charge in [0.15, 0.2) is 11.3 Å². The normalized spacial score (nSPS) is 22.0. The van der Waals surface area contributed by atoms with Crippen LogP contribution in [0.15, 0.2) is 59.8 Å². The van der Waals surface area contributed by atoms with Gasteiger partial charge in [0.1, 0.15) is 17.4 Å². The fourth-order valence-corrected chi connectivity index (χ4v) is 8.00. The number of aryl methyl sites for hydroxylation is 1. The van der Waals surface area contributed by atoms with Crippen LogP contribution in [0.4, 0.5) is 20.2 Å². The first-order valence-electron chi connectivity index (χ1n) is 13.6. The number of carbonyl (C=O) groups is 1. The van der Waals surface area contributed by atoms with E-state index in [1.165, 1.54) is 24.4 Å². The van der Waals surface area contributed by atoms with Crippen molar-refractivity contribution in [2.45, 2.75) is 50.5 Å². The SMILES string of the molecule is [C-]#[N+]c1cc(F)c(N[C@@H]2C3CCC(CC3)[C@H]2C(C)=O)cc1-c1cn(S(=O)(=O)c2ccc(C)cc2)c2ncc(F)cc12. The van der Waals surface area contributed by atoms with Crippen molar-refractivity contribution in [3.63, 3.8) is 0 Å². The number of fused-ring (bicyclic) bond motifs is 4. The molecule has 2 bridgehead atoms. The number of anilines is 1. The van der Waals surface area contributed by atoms with Crippen LogP contribution in [0.2, 0.25) is 0 Å². The molecule has 0 saturated heterocycles. The van der Waals surface area contributed by atoms with Gasteiger partial charge >= 0.3 is 0 Å². The maximum atomic E-state index is 15.4. The molecule has 2 heterocycles. The van der Waals surface area contributed by atoms with Gasteiger partial charge in [0.25, 0.3) is 10.0 Å². The lowest BCUT2D eigenvalue weighted by atomic mass is 9.60. The molecule has 0 spiro atoms. The lowest BCUT2D eigenvalue weighted by Gasteiger charge is -2.48. The number of nitrogens with one attached hydrogen (secondary N) is 1. The largest absolute Gasteiger partial charge is 0.379 e. The molecule has 10 heteroatoms. The van der Waals surface area contributed by atoms with Crippen molar-refractivity contribution in [3.05, 3.63) is 83.5 Å². The van der Waals surface area contributed by atoms with Crippen molar-refractivity contribution in [2.75, 3.05) is 5.32 Å². The number of hydrogen-bond donors (Lipinski definition) is 1. The van der Waals surface area contributed by atoms with Crippen LogP contribution in [0.1, 0.15) is 38.2 Å². The molecule has 2 aromatic carbocycles. The van der Waals surface area contributed by atoms with E-state index in [0.717, 1.165) is 53.5 Å². The smallest absolute Gasteiger partial charge is 0.269 e. The Hall–Kier alpha value is -4.10. The van der Waals surface area contributed by atoms with Crippen LogP contribution < -0.4 is 5.32 Å². The van der Waals surface area contributed by atoms with E-state index < -0.39 is 21.7 Å². The molecular formula is C31H28F2N4O3S. The van der Waals surface area contributed by atoms with Crippen LogP contribution in [0.3, 0.4) is 0 Å². The molecule has 3 saturated carbocycles. The molecule has 3 aliphatic carbocycles. The summed E-state index contributed by atoms with van der Waals surface area (Å²) in [5, 5.41) is 3.46. The third-order valence-corrected chi connectivity index (χ3v) is 10.3. The fraction of sp³-hybridized carbons (Fsp3) is 0.323. The molecule has 1 N–H and O–H groups in total. The predicted octanol–water partition coefficient (Wildman–Crippen LogP) is 6.88. The second kappa shape index (κ2) is 10.1. The molecule has 210 valence electrons. The van der Waals surface area contributed by atoms with Gasteiger partial charge in [-0.25, -0.2) is 31.0 Å². The molecule has 4 aromatic rings. The molecule has 0 aliphatic heterocycles. The minimum Gasteiger partial charge on any atom is -0.379 e. The van der Waals surface area contributed by atoms with Crippen LogP contribution in [-0.2, 0) is 14.8 Å². The summed E-state index contributed by atoms with van der Waals surface area (Å²) in [6.07, 6.45) is 6.10. The Balaban J connectivity index is 1.50. The molecule has 3 fully saturated rings. The number of ketones is 1. The van der Waals surface area contributed by atoms with Gasteiger partial charge in [-0.3, -0.25) is 4.79 Å². The Kier molecular flexibility index (Phi) is 6.65. The average molecular weight is 575 g/mol. The minimum absolute atomic E-state index is 0.0158. The Morgan fingerprint density at radius 2 is 1.73 bits per heavy atom. The van der Waals surface area contributed by atoms with Gasteiger partial charge in [0, 0.05) is 23.5 Å². The maximum Gasteiger partial charge on any atom is 0.269 e. The zero-order chi connectivity index (χ0) is 29.1. The average Bonchev–Trinajstić information content (AvgIpc) is 3.33. The highest BCUT2D eigenvalue weighted by atomic mass is 32.2. The fourth-order valence-electron chi connectivity index (χ4n) is 6.68. The summed E-state index contributed by atoms with van der Waals surface area (Å²) in [4.78, 5) is 20.2. The van der Waals surface area contributed by atoms with Crippen molar-refractivity contribution in [1.29, 1.82) is 0 Å². The third kappa shape index (κ3) is 4.58. The van der Waals surface area contributed by atoms with Crippen molar-refractivity contribution in [2.24, 2.45) is 17.8 Å². The van der Waals surface area contributed by atoms with Crippen LogP contribution in [0.25, 0.3) is 27.0 Å². The van der Waals surface area contributed by atoms with E-state index in [2.05, 4.69) is 15.1 Å². The van der Waals surface area contributed by atoms with Crippen LogP contribution in [-0.4, -0.2) is 29.2 Å². The summed E-state index contributed by atoms with van der Waals surface area (Å²) in [6, 6.07) is 9.78. The number of aromatic nitrogens is 2. The van der Waals surface area contributed by atoms with Gasteiger partial charge in [0.2, 0.25) is 0 Å². The number of hydrogen-bond acceptors (Lipinski definition) is 5. The molecule has 41 heavy (non-hydrogen) atoms. The van der Waals surface area contributed by atoms with Gasteiger partial charge in [-0.15, -0.1) is 0 Å². The van der Waals surface area contributed by atoms with E-state index in [9.17, 15) is 17.6 Å². The highest BCUT2D eigenvalue weighted by Crippen LogP contribution is 2.47. The number of rotatable bonds is 6. The van der Waals surface area contributed by atoms with E-state index >= 15 is 4.39 Å². The molecule has 2 aromatic heterocycles. The molecular weight excluding hydrogens is 546 g/mol. The van der Waals surface area contributed by atoms with Crippen molar-refractivity contribution >= 4 is 38.2 Å². The summed E-state index contributed by atoms with van der Waals surface area (Å²) >= 11 is 0. The number of carbonyl (C=O) groups excluding carboxylic acids is 1. The second-order valence-electron chi connectivity index (χ2n) is 11.1. The molecule has 7 nitrogen and oxygen atoms in total. The van der Waals surface area contributed by atoms with E-state index in [-0.39, 0.29) is 68.0 Å². The maximum absolute atomic E-state index is 15.4. The first-order valence-corrected chi connectivity index (χ1v) is 15.0. The Bertz CT molecular complexity index is 1840. The second-order valence-corrected chi connectivity index (χ2v) is 12.9. The molecule has 3 aliphatic rings. The Morgan fingerprint density at radius 3 is 2.39 bits per heavy atom.